The van der Waals surface area contributed by atoms with E-state index in [4.69, 9.17) is 15.7 Å². The van der Waals surface area contributed by atoms with Gasteiger partial charge in [0.15, 0.2) is 5.82 Å². The van der Waals surface area contributed by atoms with E-state index in [1.54, 1.807) is 4.90 Å². The maximum absolute atomic E-state index is 11.8. The SMILES string of the molecule is CC1CC[NH+](Cc2nc(N3CCC[C@@H](C(N)=O)C3)c3c4c(sc3n2)CCC4)CC1. The smallest absolute Gasteiger partial charge is 0.222 e. The number of hydrogen-bond donors (Lipinski definition) is 2. The molecule has 3 N–H and O–H groups in total. The molecule has 0 spiro atoms. The van der Waals surface area contributed by atoms with Crippen LogP contribution < -0.4 is 15.5 Å². The fourth-order valence-electron chi connectivity index (χ4n) is 5.30. The fourth-order valence-corrected chi connectivity index (χ4v) is 6.57. The largest absolute Gasteiger partial charge is 0.369 e. The van der Waals surface area contributed by atoms with Crippen LogP contribution in [0.4, 0.5) is 5.82 Å². The number of aryl methyl sites for hydroxylation is 2. The van der Waals surface area contributed by atoms with Crippen molar-refractivity contribution in [2.45, 2.75) is 58.4 Å². The van der Waals surface area contributed by atoms with E-state index in [-0.39, 0.29) is 11.8 Å². The molecular weight excluding hydrogens is 382 g/mol. The molecule has 0 bridgehead atoms. The number of nitrogens with zero attached hydrogens (tertiary/aromatic N) is 3. The van der Waals surface area contributed by atoms with E-state index in [1.807, 2.05) is 11.3 Å². The third-order valence-corrected chi connectivity index (χ3v) is 8.29. The molecule has 0 radical (unpaired) electrons. The van der Waals surface area contributed by atoms with Gasteiger partial charge in [0.05, 0.1) is 24.4 Å². The van der Waals surface area contributed by atoms with Crippen molar-refractivity contribution in [3.63, 3.8) is 0 Å². The summed E-state index contributed by atoms with van der Waals surface area (Å²) in [6.07, 6.45) is 8.02. The Bertz CT molecular complexity index is 918. The molecule has 0 saturated carbocycles. The topological polar surface area (TPSA) is 76.6 Å². The van der Waals surface area contributed by atoms with Gasteiger partial charge in [0.1, 0.15) is 17.2 Å². The van der Waals surface area contributed by atoms with Crippen LogP contribution in [0.1, 0.15) is 55.3 Å². The van der Waals surface area contributed by atoms with Crippen LogP contribution in [0.3, 0.4) is 0 Å². The number of fused-ring (bicyclic) bond motifs is 3. The van der Waals surface area contributed by atoms with Crippen LogP contribution >= 0.6 is 11.3 Å². The lowest BCUT2D eigenvalue weighted by molar-refractivity contribution is -0.920. The highest BCUT2D eigenvalue weighted by atomic mass is 32.1. The lowest BCUT2D eigenvalue weighted by Gasteiger charge is -2.33. The van der Waals surface area contributed by atoms with Gasteiger partial charge in [-0.2, -0.15) is 0 Å². The molecule has 3 aliphatic rings. The van der Waals surface area contributed by atoms with E-state index in [0.717, 1.165) is 54.7 Å². The van der Waals surface area contributed by atoms with Crippen molar-refractivity contribution in [2.75, 3.05) is 31.1 Å². The number of quaternary nitrogens is 1. The molecule has 2 aliphatic heterocycles. The molecule has 2 aromatic rings. The van der Waals surface area contributed by atoms with Gasteiger partial charge in [-0.15, -0.1) is 11.3 Å². The number of rotatable bonds is 4. The molecule has 4 heterocycles. The summed E-state index contributed by atoms with van der Waals surface area (Å²) in [5.41, 5.74) is 7.12. The first-order valence-electron chi connectivity index (χ1n) is 11.3. The van der Waals surface area contributed by atoms with Crippen molar-refractivity contribution < 1.29 is 9.69 Å². The Hall–Kier alpha value is -1.73. The van der Waals surface area contributed by atoms with Gasteiger partial charge >= 0.3 is 0 Å². The van der Waals surface area contributed by atoms with Gasteiger partial charge in [-0.05, 0) is 56.4 Å². The minimum atomic E-state index is -0.178. The molecule has 29 heavy (non-hydrogen) atoms. The zero-order valence-electron chi connectivity index (χ0n) is 17.4. The second kappa shape index (κ2) is 7.84. The maximum atomic E-state index is 11.8. The van der Waals surface area contributed by atoms with Gasteiger partial charge in [0, 0.05) is 18.0 Å². The van der Waals surface area contributed by atoms with E-state index >= 15 is 0 Å². The molecule has 2 fully saturated rings. The van der Waals surface area contributed by atoms with Crippen LogP contribution in [-0.2, 0) is 24.2 Å². The van der Waals surface area contributed by atoms with E-state index < -0.39 is 0 Å². The Kier molecular flexibility index (Phi) is 5.20. The molecule has 5 rings (SSSR count). The van der Waals surface area contributed by atoms with Crippen molar-refractivity contribution in [1.29, 1.82) is 0 Å². The summed E-state index contributed by atoms with van der Waals surface area (Å²) < 4.78 is 0. The molecule has 1 amide bonds. The molecular formula is C22H32N5OS+. The number of hydrogen-bond acceptors (Lipinski definition) is 5. The van der Waals surface area contributed by atoms with Crippen molar-refractivity contribution in [3.8, 4) is 0 Å². The summed E-state index contributed by atoms with van der Waals surface area (Å²) >= 11 is 1.87. The lowest BCUT2D eigenvalue weighted by atomic mass is 9.97. The molecule has 7 heteroatoms. The Morgan fingerprint density at radius 3 is 2.83 bits per heavy atom. The van der Waals surface area contributed by atoms with E-state index in [1.165, 1.54) is 54.6 Å². The number of aromatic nitrogens is 2. The molecule has 156 valence electrons. The molecule has 2 saturated heterocycles. The zero-order chi connectivity index (χ0) is 20.0. The number of piperidine rings is 2. The molecule has 1 aliphatic carbocycles. The van der Waals surface area contributed by atoms with Crippen molar-refractivity contribution in [2.24, 2.45) is 17.6 Å². The highest BCUT2D eigenvalue weighted by Crippen LogP contribution is 2.41. The van der Waals surface area contributed by atoms with Crippen LogP contribution in [0.25, 0.3) is 10.2 Å². The molecule has 0 unspecified atom stereocenters. The van der Waals surface area contributed by atoms with Crippen LogP contribution in [0.15, 0.2) is 0 Å². The summed E-state index contributed by atoms with van der Waals surface area (Å²) in [7, 11) is 0. The molecule has 1 atom stereocenters. The van der Waals surface area contributed by atoms with Crippen LogP contribution in [0.2, 0.25) is 0 Å². The van der Waals surface area contributed by atoms with Crippen LogP contribution in [0.5, 0.6) is 0 Å². The van der Waals surface area contributed by atoms with Gasteiger partial charge in [-0.1, -0.05) is 6.92 Å². The van der Waals surface area contributed by atoms with Crippen LogP contribution in [0, 0.1) is 11.8 Å². The van der Waals surface area contributed by atoms with Crippen molar-refractivity contribution in [1.82, 2.24) is 9.97 Å². The number of nitrogens with one attached hydrogen (secondary N) is 1. The third kappa shape index (κ3) is 3.75. The summed E-state index contributed by atoms with van der Waals surface area (Å²) in [5.74, 6) is 2.64. The fraction of sp³-hybridized carbons (Fsp3) is 0.682. The first-order valence-corrected chi connectivity index (χ1v) is 12.1. The average Bonchev–Trinajstić information content (AvgIpc) is 3.30. The monoisotopic (exact) mass is 414 g/mol. The van der Waals surface area contributed by atoms with Crippen molar-refractivity contribution in [3.05, 3.63) is 16.3 Å². The van der Waals surface area contributed by atoms with Crippen LogP contribution in [-0.4, -0.2) is 42.1 Å². The summed E-state index contributed by atoms with van der Waals surface area (Å²) in [4.78, 5) is 28.6. The lowest BCUT2D eigenvalue weighted by Crippen LogP contribution is -3.11. The van der Waals surface area contributed by atoms with E-state index in [9.17, 15) is 4.79 Å². The Labute approximate surface area is 176 Å². The Balaban J connectivity index is 1.50. The summed E-state index contributed by atoms with van der Waals surface area (Å²) in [6.45, 7) is 7.34. The number of carbonyl (C=O) groups excluding carboxylic acids is 1. The molecule has 0 aromatic carbocycles. The highest BCUT2D eigenvalue weighted by Gasteiger charge is 2.30. The summed E-state index contributed by atoms with van der Waals surface area (Å²) in [6, 6.07) is 0. The number of amides is 1. The number of likely N-dealkylation sites (tertiary alicyclic amines) is 1. The number of nitrogens with two attached hydrogens (primary N) is 1. The third-order valence-electron chi connectivity index (χ3n) is 7.10. The van der Waals surface area contributed by atoms with E-state index in [2.05, 4.69) is 11.8 Å². The Morgan fingerprint density at radius 2 is 2.03 bits per heavy atom. The number of anilines is 1. The second-order valence-corrected chi connectivity index (χ2v) is 10.4. The average molecular weight is 415 g/mol. The summed E-state index contributed by atoms with van der Waals surface area (Å²) in [5, 5.41) is 1.26. The first kappa shape index (κ1) is 19.2. The van der Waals surface area contributed by atoms with Gasteiger partial charge < -0.3 is 15.5 Å². The maximum Gasteiger partial charge on any atom is 0.222 e. The minimum absolute atomic E-state index is 0.0712. The highest BCUT2D eigenvalue weighted by molar-refractivity contribution is 7.19. The zero-order valence-corrected chi connectivity index (χ0v) is 18.2. The van der Waals surface area contributed by atoms with Crippen molar-refractivity contribution >= 4 is 33.3 Å². The van der Waals surface area contributed by atoms with Gasteiger partial charge in [0.2, 0.25) is 5.91 Å². The standard InChI is InChI=1S/C22H31N5OS/c1-14-7-10-26(11-8-14)13-18-24-21(27-9-3-4-15(12-27)20(23)28)19-16-5-2-6-17(16)29-22(19)25-18/h14-15H,2-13H2,1H3,(H2,23,28)/p+1/t15-/m1/s1. The predicted molar refractivity (Wildman–Crippen MR) is 116 cm³/mol. The molecule has 6 nitrogen and oxygen atoms in total. The van der Waals surface area contributed by atoms with Gasteiger partial charge in [-0.25, -0.2) is 9.97 Å². The normalized spacial score (nSPS) is 27.3. The quantitative estimate of drug-likeness (QED) is 0.798. The number of primary amides is 1. The number of carbonyl (C=O) groups is 1. The predicted octanol–water partition coefficient (Wildman–Crippen LogP) is 1.70. The van der Waals surface area contributed by atoms with Gasteiger partial charge in [-0.3, -0.25) is 4.79 Å². The van der Waals surface area contributed by atoms with Gasteiger partial charge in [0.25, 0.3) is 0 Å². The minimum Gasteiger partial charge on any atom is -0.369 e. The Morgan fingerprint density at radius 1 is 1.21 bits per heavy atom. The number of thiophene rings is 1. The second-order valence-electron chi connectivity index (χ2n) is 9.30. The first-order chi connectivity index (χ1) is 14.1. The molecule has 2 aromatic heterocycles. The van der Waals surface area contributed by atoms with E-state index in [0.29, 0.717) is 6.54 Å².